The quantitative estimate of drug-likeness (QED) is 0.748. The fourth-order valence-electron chi connectivity index (χ4n) is 4.70. The zero-order valence-electron chi connectivity index (χ0n) is 17.6. The highest BCUT2D eigenvalue weighted by molar-refractivity contribution is 6.30. The first kappa shape index (κ1) is 21.8. The number of aromatic nitrogens is 1. The Bertz CT molecular complexity index is 898. The highest BCUT2D eigenvalue weighted by Gasteiger charge is 2.51. The summed E-state index contributed by atoms with van der Waals surface area (Å²) in [5, 5.41) is 3.76. The van der Waals surface area contributed by atoms with Crippen molar-refractivity contribution < 1.29 is 14.3 Å². The fraction of sp³-hybridized carbons (Fsp3) is 0.458. The van der Waals surface area contributed by atoms with Crippen molar-refractivity contribution in [1.29, 1.82) is 0 Å². The summed E-state index contributed by atoms with van der Waals surface area (Å²) >= 11 is 5.95. The summed E-state index contributed by atoms with van der Waals surface area (Å²) in [6, 6.07) is 11.3. The molecule has 3 heterocycles. The van der Waals surface area contributed by atoms with Crippen molar-refractivity contribution in [2.24, 2.45) is 11.3 Å². The van der Waals surface area contributed by atoms with Gasteiger partial charge in [-0.3, -0.25) is 14.6 Å². The van der Waals surface area contributed by atoms with Crippen molar-refractivity contribution in [1.82, 2.24) is 15.2 Å². The molecule has 1 aromatic heterocycles. The maximum Gasteiger partial charge on any atom is 0.227 e. The molecule has 0 radical (unpaired) electrons. The van der Waals surface area contributed by atoms with Gasteiger partial charge in [0.15, 0.2) is 0 Å². The molecule has 1 aromatic carbocycles. The van der Waals surface area contributed by atoms with Crippen molar-refractivity contribution in [3.63, 3.8) is 0 Å². The Hall–Kier alpha value is -2.44. The number of rotatable bonds is 6. The predicted octanol–water partition coefficient (Wildman–Crippen LogP) is 2.89. The monoisotopic (exact) mass is 441 g/mol. The second-order valence-corrected chi connectivity index (χ2v) is 8.94. The van der Waals surface area contributed by atoms with Gasteiger partial charge < -0.3 is 15.0 Å². The lowest BCUT2D eigenvalue weighted by Gasteiger charge is -2.37. The summed E-state index contributed by atoms with van der Waals surface area (Å²) in [5.74, 6) is -0.110. The molecule has 1 N–H and O–H groups in total. The van der Waals surface area contributed by atoms with Crippen LogP contribution in [0.2, 0.25) is 5.02 Å². The number of carbonyl (C=O) groups is 2. The zero-order chi connectivity index (χ0) is 21.7. The molecule has 2 amide bonds. The summed E-state index contributed by atoms with van der Waals surface area (Å²) < 4.78 is 5.57. The summed E-state index contributed by atoms with van der Waals surface area (Å²) in [6.45, 7) is 2.93. The average molecular weight is 442 g/mol. The van der Waals surface area contributed by atoms with Gasteiger partial charge >= 0.3 is 0 Å². The van der Waals surface area contributed by atoms with Crippen LogP contribution in [0.15, 0.2) is 48.8 Å². The highest BCUT2D eigenvalue weighted by atomic mass is 35.5. The van der Waals surface area contributed by atoms with E-state index in [2.05, 4.69) is 10.3 Å². The summed E-state index contributed by atoms with van der Waals surface area (Å²) in [6.07, 6.45) is 6.21. The molecule has 7 heteroatoms. The molecule has 2 fully saturated rings. The third-order valence-electron chi connectivity index (χ3n) is 6.54. The van der Waals surface area contributed by atoms with Crippen molar-refractivity contribution >= 4 is 23.4 Å². The molecule has 1 spiro atoms. The molecule has 0 saturated carbocycles. The van der Waals surface area contributed by atoms with Gasteiger partial charge in [-0.25, -0.2) is 0 Å². The SMILES string of the molecule is O=C(NCCc1ccncc1)C1CN(C(=O)Cc2ccc(Cl)cc2)CC12CCOCC2. The van der Waals surface area contributed by atoms with Gasteiger partial charge in [-0.2, -0.15) is 0 Å². The Balaban J connectivity index is 1.40. The molecule has 6 nitrogen and oxygen atoms in total. The van der Waals surface area contributed by atoms with Gasteiger partial charge in [0.1, 0.15) is 0 Å². The maximum atomic E-state index is 13.2. The van der Waals surface area contributed by atoms with E-state index in [4.69, 9.17) is 16.3 Å². The van der Waals surface area contributed by atoms with Gasteiger partial charge in [0.2, 0.25) is 11.8 Å². The maximum absolute atomic E-state index is 13.2. The molecule has 0 aliphatic carbocycles. The normalized spacial score (nSPS) is 20.0. The Morgan fingerprint density at radius 2 is 1.81 bits per heavy atom. The van der Waals surface area contributed by atoms with Crippen LogP contribution in [0.4, 0.5) is 0 Å². The molecule has 2 saturated heterocycles. The highest BCUT2D eigenvalue weighted by Crippen LogP contribution is 2.44. The first-order chi connectivity index (χ1) is 15.1. The number of benzene rings is 1. The van der Waals surface area contributed by atoms with E-state index < -0.39 is 0 Å². The van der Waals surface area contributed by atoms with Crippen molar-refractivity contribution in [3.8, 4) is 0 Å². The lowest BCUT2D eigenvalue weighted by molar-refractivity contribution is -0.130. The Morgan fingerprint density at radius 3 is 2.52 bits per heavy atom. The number of pyridine rings is 1. The topological polar surface area (TPSA) is 71.5 Å². The minimum absolute atomic E-state index is 0.0396. The average Bonchev–Trinajstić information content (AvgIpc) is 3.15. The lowest BCUT2D eigenvalue weighted by atomic mass is 9.71. The number of hydrogen-bond donors (Lipinski definition) is 1. The van der Waals surface area contributed by atoms with Crippen LogP contribution in [-0.2, 0) is 27.2 Å². The van der Waals surface area contributed by atoms with E-state index in [9.17, 15) is 9.59 Å². The smallest absolute Gasteiger partial charge is 0.227 e. The van der Waals surface area contributed by atoms with Gasteiger partial charge in [-0.1, -0.05) is 23.7 Å². The predicted molar refractivity (Wildman–Crippen MR) is 119 cm³/mol. The number of amides is 2. The fourth-order valence-corrected chi connectivity index (χ4v) is 4.82. The van der Waals surface area contributed by atoms with Gasteiger partial charge in [0.25, 0.3) is 0 Å². The van der Waals surface area contributed by atoms with Crippen LogP contribution >= 0.6 is 11.6 Å². The van der Waals surface area contributed by atoms with E-state index in [1.54, 1.807) is 24.5 Å². The molecule has 0 bridgehead atoms. The molecule has 164 valence electrons. The largest absolute Gasteiger partial charge is 0.381 e. The van der Waals surface area contributed by atoms with Crippen LogP contribution in [0.25, 0.3) is 0 Å². The Morgan fingerprint density at radius 1 is 1.10 bits per heavy atom. The number of ether oxygens (including phenoxy) is 1. The number of nitrogens with zero attached hydrogens (tertiary/aromatic N) is 2. The number of hydrogen-bond acceptors (Lipinski definition) is 4. The van der Waals surface area contributed by atoms with Crippen molar-refractivity contribution in [2.75, 3.05) is 32.8 Å². The number of halogens is 1. The molecular formula is C24H28ClN3O3. The van der Waals surface area contributed by atoms with Crippen molar-refractivity contribution in [2.45, 2.75) is 25.7 Å². The van der Waals surface area contributed by atoms with Gasteiger partial charge in [-0.15, -0.1) is 0 Å². The standard InChI is InChI=1S/C24H28ClN3O3/c25-20-3-1-19(2-4-20)15-22(29)28-16-21(24(17-28)8-13-31-14-9-24)23(30)27-12-7-18-5-10-26-11-6-18/h1-6,10-11,21H,7-9,12-17H2,(H,27,30). The van der Waals surface area contributed by atoms with Crippen LogP contribution in [0.3, 0.4) is 0 Å². The number of nitrogens with one attached hydrogen (secondary N) is 1. The molecule has 2 aliphatic heterocycles. The first-order valence-electron chi connectivity index (χ1n) is 10.8. The summed E-state index contributed by atoms with van der Waals surface area (Å²) in [4.78, 5) is 32.1. The van der Waals surface area contributed by atoms with E-state index in [-0.39, 0.29) is 23.1 Å². The molecule has 1 atom stereocenters. The molecule has 2 aromatic rings. The lowest BCUT2D eigenvalue weighted by Crippen LogP contribution is -2.44. The molecule has 1 unspecified atom stereocenters. The first-order valence-corrected chi connectivity index (χ1v) is 11.2. The minimum Gasteiger partial charge on any atom is -0.381 e. The molecule has 4 rings (SSSR count). The van der Waals surface area contributed by atoms with E-state index in [0.29, 0.717) is 44.3 Å². The van der Waals surface area contributed by atoms with E-state index >= 15 is 0 Å². The molecular weight excluding hydrogens is 414 g/mol. The molecule has 2 aliphatic rings. The van der Waals surface area contributed by atoms with Crippen LogP contribution in [0, 0.1) is 11.3 Å². The Labute approximate surface area is 187 Å². The van der Waals surface area contributed by atoms with E-state index in [0.717, 1.165) is 30.4 Å². The van der Waals surface area contributed by atoms with Gasteiger partial charge in [-0.05, 0) is 54.7 Å². The summed E-state index contributed by atoms with van der Waals surface area (Å²) in [7, 11) is 0. The van der Waals surface area contributed by atoms with Crippen LogP contribution < -0.4 is 5.32 Å². The third-order valence-corrected chi connectivity index (χ3v) is 6.79. The van der Waals surface area contributed by atoms with Crippen LogP contribution in [0.1, 0.15) is 24.0 Å². The van der Waals surface area contributed by atoms with Gasteiger partial charge in [0, 0.05) is 55.7 Å². The van der Waals surface area contributed by atoms with Crippen LogP contribution in [0.5, 0.6) is 0 Å². The van der Waals surface area contributed by atoms with E-state index in [1.807, 2.05) is 29.2 Å². The van der Waals surface area contributed by atoms with Crippen LogP contribution in [-0.4, -0.2) is 54.5 Å². The third kappa shape index (κ3) is 5.25. The number of carbonyl (C=O) groups excluding carboxylic acids is 2. The number of likely N-dealkylation sites (tertiary alicyclic amines) is 1. The minimum atomic E-state index is -0.206. The summed E-state index contributed by atoms with van der Waals surface area (Å²) in [5.41, 5.74) is 1.87. The second-order valence-electron chi connectivity index (χ2n) is 8.50. The zero-order valence-corrected chi connectivity index (χ0v) is 18.3. The second kappa shape index (κ2) is 9.79. The molecule has 31 heavy (non-hydrogen) atoms. The van der Waals surface area contributed by atoms with Gasteiger partial charge in [0.05, 0.1) is 12.3 Å². The Kier molecular flexibility index (Phi) is 6.88. The van der Waals surface area contributed by atoms with Crippen molar-refractivity contribution in [3.05, 3.63) is 64.9 Å². The van der Waals surface area contributed by atoms with E-state index in [1.165, 1.54) is 0 Å².